The number of aryl methyl sites for hydroxylation is 2. The molecule has 0 saturated carbocycles. The maximum absolute atomic E-state index is 13.3. The Morgan fingerprint density at radius 3 is 2.97 bits per heavy atom. The van der Waals surface area contributed by atoms with Gasteiger partial charge in [-0.15, -0.1) is 24.0 Å². The highest BCUT2D eigenvalue weighted by molar-refractivity contribution is 14.0. The zero-order valence-corrected chi connectivity index (χ0v) is 19.5. The highest BCUT2D eigenvalue weighted by atomic mass is 127. The zero-order valence-electron chi connectivity index (χ0n) is 17.2. The van der Waals surface area contributed by atoms with Crippen LogP contribution in [-0.2, 0) is 19.4 Å². The van der Waals surface area contributed by atoms with Crippen LogP contribution in [0.4, 0.5) is 4.39 Å². The Morgan fingerprint density at radius 1 is 1.41 bits per heavy atom. The van der Waals surface area contributed by atoms with Crippen LogP contribution in [-0.4, -0.2) is 46.0 Å². The van der Waals surface area contributed by atoms with Crippen LogP contribution < -0.4 is 15.4 Å². The second kappa shape index (κ2) is 11.3. The lowest BCUT2D eigenvalue weighted by Crippen LogP contribution is -2.47. The quantitative estimate of drug-likeness (QED) is 0.337. The van der Waals surface area contributed by atoms with Crippen LogP contribution in [0.3, 0.4) is 0 Å². The van der Waals surface area contributed by atoms with Crippen LogP contribution in [0.5, 0.6) is 5.75 Å². The van der Waals surface area contributed by atoms with Gasteiger partial charge in [-0.3, -0.25) is 0 Å². The Morgan fingerprint density at radius 2 is 2.24 bits per heavy atom. The minimum absolute atomic E-state index is 0. The fourth-order valence-corrected chi connectivity index (χ4v) is 3.17. The number of hydrogen-bond acceptors (Lipinski definition) is 4. The first-order valence-corrected chi connectivity index (χ1v) is 9.97. The second-order valence-electron chi connectivity index (χ2n) is 6.97. The zero-order chi connectivity index (χ0) is 19.9. The molecule has 2 aromatic rings. The number of halogens is 2. The molecule has 0 fully saturated rings. The molecule has 1 aromatic heterocycles. The van der Waals surface area contributed by atoms with E-state index >= 15 is 0 Å². The predicted octanol–water partition coefficient (Wildman–Crippen LogP) is 2.94. The number of aliphatic imine (C=N–C) groups is 1. The molecule has 2 N–H and O–H groups in total. The van der Waals surface area contributed by atoms with E-state index in [0.29, 0.717) is 12.3 Å². The number of rotatable bonds is 7. The maximum atomic E-state index is 13.3. The average Bonchev–Trinajstić information content (AvgIpc) is 3.09. The van der Waals surface area contributed by atoms with Gasteiger partial charge >= 0.3 is 0 Å². The number of guanidine groups is 1. The lowest BCUT2D eigenvalue weighted by atomic mass is 10.1. The minimum Gasteiger partial charge on any atom is -0.489 e. The van der Waals surface area contributed by atoms with Crippen molar-refractivity contribution in [3.8, 4) is 5.75 Å². The number of benzene rings is 1. The Hall–Kier alpha value is -1.91. The van der Waals surface area contributed by atoms with E-state index < -0.39 is 0 Å². The molecule has 0 spiro atoms. The van der Waals surface area contributed by atoms with Gasteiger partial charge in [-0.1, -0.05) is 13.0 Å². The fourth-order valence-electron chi connectivity index (χ4n) is 3.17. The molecular weight excluding hydrogens is 486 g/mol. The molecule has 2 atom stereocenters. The molecule has 1 aliphatic rings. The Labute approximate surface area is 188 Å². The van der Waals surface area contributed by atoms with E-state index in [4.69, 9.17) is 4.74 Å². The summed E-state index contributed by atoms with van der Waals surface area (Å²) < 4.78 is 21.0. The molecule has 0 aliphatic carbocycles. The van der Waals surface area contributed by atoms with Crippen molar-refractivity contribution in [3.05, 3.63) is 41.7 Å². The monoisotopic (exact) mass is 516 g/mol. The normalized spacial score (nSPS) is 17.1. The van der Waals surface area contributed by atoms with Crippen molar-refractivity contribution < 1.29 is 9.13 Å². The molecule has 1 aromatic carbocycles. The third-order valence-corrected chi connectivity index (χ3v) is 4.54. The molecule has 2 unspecified atom stereocenters. The van der Waals surface area contributed by atoms with E-state index in [2.05, 4.69) is 32.6 Å². The predicted molar refractivity (Wildman–Crippen MR) is 123 cm³/mol. The van der Waals surface area contributed by atoms with E-state index in [1.807, 2.05) is 18.5 Å². The molecule has 2 heterocycles. The third kappa shape index (κ3) is 6.83. The summed E-state index contributed by atoms with van der Waals surface area (Å²) in [6.07, 6.45) is 2.58. The number of nitrogens with zero attached hydrogens (tertiary/aromatic N) is 4. The maximum Gasteiger partial charge on any atom is 0.191 e. The molecule has 3 rings (SSSR count). The summed E-state index contributed by atoms with van der Waals surface area (Å²) >= 11 is 0. The molecular formula is C20H30FIN6O. The minimum atomic E-state index is -0.306. The highest BCUT2D eigenvalue weighted by Crippen LogP contribution is 2.15. The van der Waals surface area contributed by atoms with Gasteiger partial charge in [0.15, 0.2) is 11.8 Å². The number of ether oxygens (including phenoxy) is 1. The van der Waals surface area contributed by atoms with Crippen LogP contribution in [0.15, 0.2) is 29.3 Å². The summed E-state index contributed by atoms with van der Waals surface area (Å²) in [5.41, 5.74) is 0. The molecule has 9 heteroatoms. The van der Waals surface area contributed by atoms with Crippen molar-refractivity contribution in [1.29, 1.82) is 0 Å². The molecule has 0 amide bonds. The summed E-state index contributed by atoms with van der Waals surface area (Å²) in [7, 11) is 0. The highest BCUT2D eigenvalue weighted by Gasteiger charge is 2.22. The molecule has 0 radical (unpaired) electrons. The summed E-state index contributed by atoms with van der Waals surface area (Å²) in [6.45, 7) is 8.04. The first-order valence-electron chi connectivity index (χ1n) is 9.97. The third-order valence-electron chi connectivity index (χ3n) is 4.54. The van der Waals surface area contributed by atoms with Gasteiger partial charge in [0, 0.05) is 31.5 Å². The van der Waals surface area contributed by atoms with Crippen molar-refractivity contribution in [3.63, 3.8) is 0 Å². The average molecular weight is 516 g/mol. The molecule has 0 saturated heterocycles. The summed E-state index contributed by atoms with van der Waals surface area (Å²) in [6, 6.07) is 6.41. The van der Waals surface area contributed by atoms with Crippen LogP contribution >= 0.6 is 24.0 Å². The van der Waals surface area contributed by atoms with Gasteiger partial charge < -0.3 is 15.4 Å². The van der Waals surface area contributed by atoms with E-state index in [1.165, 1.54) is 12.1 Å². The number of nitrogens with one attached hydrogen (secondary N) is 2. The van der Waals surface area contributed by atoms with Gasteiger partial charge in [0.2, 0.25) is 0 Å². The largest absolute Gasteiger partial charge is 0.489 e. The smallest absolute Gasteiger partial charge is 0.191 e. The standard InChI is InChI=1S/C20H29FN6O.HI/c1-4-18-25-19-10-9-16(13-27(19)26-18)24-20(22-5-2)23-12-14(3)28-17-8-6-7-15(21)11-17;/h6-8,11,14,16H,4-5,9-10,12-13H2,1-3H3,(H2,22,23,24);1H. The van der Waals surface area contributed by atoms with Crippen molar-refractivity contribution in [2.24, 2.45) is 4.99 Å². The topological polar surface area (TPSA) is 76.4 Å². The van der Waals surface area contributed by atoms with Gasteiger partial charge in [0.1, 0.15) is 23.5 Å². The lowest BCUT2D eigenvalue weighted by Gasteiger charge is -2.25. The first kappa shape index (κ1) is 23.4. The number of aromatic nitrogens is 3. The van der Waals surface area contributed by atoms with Gasteiger partial charge in [-0.25, -0.2) is 19.0 Å². The molecule has 1 aliphatic heterocycles. The Kier molecular flexibility index (Phi) is 9.12. The van der Waals surface area contributed by atoms with E-state index in [1.54, 1.807) is 12.1 Å². The van der Waals surface area contributed by atoms with Gasteiger partial charge in [-0.2, -0.15) is 5.10 Å². The van der Waals surface area contributed by atoms with Gasteiger partial charge in [0.05, 0.1) is 13.1 Å². The first-order chi connectivity index (χ1) is 13.6. The fraction of sp³-hybridized carbons (Fsp3) is 0.550. The molecule has 0 bridgehead atoms. The van der Waals surface area contributed by atoms with Crippen molar-refractivity contribution in [2.75, 3.05) is 13.1 Å². The Bertz CT molecular complexity index is 812. The molecule has 160 valence electrons. The summed E-state index contributed by atoms with van der Waals surface area (Å²) in [5, 5.41) is 11.3. The summed E-state index contributed by atoms with van der Waals surface area (Å²) in [4.78, 5) is 9.19. The van der Waals surface area contributed by atoms with Crippen LogP contribution in [0.1, 0.15) is 38.8 Å². The van der Waals surface area contributed by atoms with E-state index in [-0.39, 0.29) is 41.9 Å². The number of hydrogen-bond donors (Lipinski definition) is 2. The SMILES string of the molecule is CCNC(=NCC(C)Oc1cccc(F)c1)NC1CCc2nc(CC)nn2C1.I. The van der Waals surface area contributed by atoms with Gasteiger partial charge in [-0.05, 0) is 32.4 Å². The van der Waals surface area contributed by atoms with Crippen molar-refractivity contribution >= 4 is 29.9 Å². The van der Waals surface area contributed by atoms with Crippen LogP contribution in [0.2, 0.25) is 0 Å². The summed E-state index contributed by atoms with van der Waals surface area (Å²) in [5.74, 6) is 2.92. The Balaban J connectivity index is 0.00000300. The van der Waals surface area contributed by atoms with Crippen molar-refractivity contribution in [2.45, 2.75) is 58.7 Å². The van der Waals surface area contributed by atoms with Gasteiger partial charge in [0.25, 0.3) is 0 Å². The van der Waals surface area contributed by atoms with Crippen LogP contribution in [0, 0.1) is 5.82 Å². The van der Waals surface area contributed by atoms with E-state index in [0.717, 1.165) is 50.0 Å². The molecule has 7 nitrogen and oxygen atoms in total. The van der Waals surface area contributed by atoms with Crippen LogP contribution in [0.25, 0.3) is 0 Å². The lowest BCUT2D eigenvalue weighted by molar-refractivity contribution is 0.229. The van der Waals surface area contributed by atoms with E-state index in [9.17, 15) is 4.39 Å². The second-order valence-corrected chi connectivity index (χ2v) is 6.97. The van der Waals surface area contributed by atoms with Crippen molar-refractivity contribution in [1.82, 2.24) is 25.4 Å². The number of fused-ring (bicyclic) bond motifs is 1. The molecule has 29 heavy (non-hydrogen) atoms.